The molecule has 0 unspecified atom stereocenters. The van der Waals surface area contributed by atoms with E-state index < -0.39 is 0 Å². The van der Waals surface area contributed by atoms with Gasteiger partial charge >= 0.3 is 0 Å². The monoisotopic (exact) mass is 257 g/mol. The lowest BCUT2D eigenvalue weighted by Gasteiger charge is -2.29. The van der Waals surface area contributed by atoms with E-state index in [1.807, 2.05) is 12.1 Å². The van der Waals surface area contributed by atoms with Gasteiger partial charge in [0.15, 0.2) is 5.65 Å². The van der Waals surface area contributed by atoms with Gasteiger partial charge in [-0.2, -0.15) is 0 Å². The van der Waals surface area contributed by atoms with Crippen LogP contribution in [0.25, 0.3) is 11.2 Å². The molecule has 0 amide bonds. The van der Waals surface area contributed by atoms with Gasteiger partial charge in [0.1, 0.15) is 5.52 Å². The number of rotatable bonds is 2. The van der Waals surface area contributed by atoms with Crippen molar-refractivity contribution >= 4 is 11.2 Å². The first-order chi connectivity index (χ1) is 8.75. The average Bonchev–Trinajstić information content (AvgIpc) is 2.36. The SMILES string of the molecule is CCC(C)(C)c1nc2cccnc2nc1C(C)(C)C. The molecule has 2 heterocycles. The largest absolute Gasteiger partial charge is 0.247 e. The Balaban J connectivity index is 2.79. The zero-order valence-corrected chi connectivity index (χ0v) is 12.8. The van der Waals surface area contributed by atoms with E-state index in [0.717, 1.165) is 29.0 Å². The van der Waals surface area contributed by atoms with Crippen LogP contribution in [0.4, 0.5) is 0 Å². The molecule has 0 fully saturated rings. The molecular formula is C16H23N3. The molecule has 19 heavy (non-hydrogen) atoms. The predicted octanol–water partition coefficient (Wildman–Crippen LogP) is 4.01. The fourth-order valence-electron chi connectivity index (χ4n) is 2.06. The average molecular weight is 257 g/mol. The minimum atomic E-state index is -0.0273. The Morgan fingerprint density at radius 1 is 1.00 bits per heavy atom. The van der Waals surface area contributed by atoms with Crippen molar-refractivity contribution in [3.8, 4) is 0 Å². The molecule has 0 aliphatic carbocycles. The maximum Gasteiger partial charge on any atom is 0.178 e. The molecular weight excluding hydrogens is 234 g/mol. The van der Waals surface area contributed by atoms with Crippen molar-refractivity contribution in [1.29, 1.82) is 0 Å². The van der Waals surface area contributed by atoms with E-state index in [1.54, 1.807) is 6.20 Å². The Hall–Kier alpha value is -1.51. The van der Waals surface area contributed by atoms with Crippen LogP contribution in [0.3, 0.4) is 0 Å². The first-order valence-electron chi connectivity index (χ1n) is 6.89. The van der Waals surface area contributed by atoms with Gasteiger partial charge in [0, 0.05) is 17.0 Å². The van der Waals surface area contributed by atoms with Crippen molar-refractivity contribution in [3.63, 3.8) is 0 Å². The van der Waals surface area contributed by atoms with Crippen molar-refractivity contribution < 1.29 is 0 Å². The molecule has 0 N–H and O–H groups in total. The minimum absolute atomic E-state index is 0.0273. The minimum Gasteiger partial charge on any atom is -0.247 e. The van der Waals surface area contributed by atoms with Crippen LogP contribution in [0, 0.1) is 0 Å². The first-order valence-corrected chi connectivity index (χ1v) is 6.89. The molecule has 3 heteroatoms. The van der Waals surface area contributed by atoms with Gasteiger partial charge in [0.25, 0.3) is 0 Å². The van der Waals surface area contributed by atoms with E-state index in [9.17, 15) is 0 Å². The molecule has 0 saturated carbocycles. The Kier molecular flexibility index (Phi) is 3.33. The number of nitrogens with zero attached hydrogens (tertiary/aromatic N) is 3. The maximum absolute atomic E-state index is 4.86. The molecule has 0 spiro atoms. The van der Waals surface area contributed by atoms with E-state index in [2.05, 4.69) is 46.5 Å². The molecule has 2 aromatic heterocycles. The van der Waals surface area contributed by atoms with Gasteiger partial charge in [-0.3, -0.25) is 0 Å². The highest BCUT2D eigenvalue weighted by Gasteiger charge is 2.30. The van der Waals surface area contributed by atoms with Crippen LogP contribution in [0.5, 0.6) is 0 Å². The van der Waals surface area contributed by atoms with Crippen LogP contribution < -0.4 is 0 Å². The summed E-state index contributed by atoms with van der Waals surface area (Å²) in [7, 11) is 0. The van der Waals surface area contributed by atoms with Crippen LogP contribution in [0.1, 0.15) is 59.4 Å². The number of fused-ring (bicyclic) bond motifs is 1. The van der Waals surface area contributed by atoms with Gasteiger partial charge in [-0.25, -0.2) is 15.0 Å². The van der Waals surface area contributed by atoms with Gasteiger partial charge < -0.3 is 0 Å². The van der Waals surface area contributed by atoms with E-state index in [4.69, 9.17) is 9.97 Å². The topological polar surface area (TPSA) is 38.7 Å². The highest BCUT2D eigenvalue weighted by Crippen LogP contribution is 2.34. The molecule has 102 valence electrons. The number of pyridine rings is 1. The Bertz CT molecular complexity index is 594. The fourth-order valence-corrected chi connectivity index (χ4v) is 2.06. The van der Waals surface area contributed by atoms with Crippen LogP contribution >= 0.6 is 0 Å². The van der Waals surface area contributed by atoms with Crippen molar-refractivity contribution in [2.45, 2.75) is 58.8 Å². The van der Waals surface area contributed by atoms with Crippen LogP contribution in [-0.4, -0.2) is 15.0 Å². The fraction of sp³-hybridized carbons (Fsp3) is 0.562. The van der Waals surface area contributed by atoms with E-state index >= 15 is 0 Å². The van der Waals surface area contributed by atoms with E-state index in [-0.39, 0.29) is 10.8 Å². The zero-order chi connectivity index (χ0) is 14.3. The molecule has 0 atom stereocenters. The Morgan fingerprint density at radius 3 is 2.26 bits per heavy atom. The summed E-state index contributed by atoms with van der Waals surface area (Å²) in [6, 6.07) is 3.90. The highest BCUT2D eigenvalue weighted by atomic mass is 14.9. The van der Waals surface area contributed by atoms with Gasteiger partial charge in [-0.15, -0.1) is 0 Å². The second kappa shape index (κ2) is 4.55. The smallest absolute Gasteiger partial charge is 0.178 e. The lowest BCUT2D eigenvalue weighted by Crippen LogP contribution is -2.27. The van der Waals surface area contributed by atoms with Crippen LogP contribution in [-0.2, 0) is 10.8 Å². The van der Waals surface area contributed by atoms with Gasteiger partial charge in [0.05, 0.1) is 11.4 Å². The standard InChI is InChI=1S/C16H23N3/c1-7-16(5,6)13-12(15(2,3)4)19-14-11(18-13)9-8-10-17-14/h8-10H,7H2,1-6H3. The normalized spacial score (nSPS) is 12.9. The molecule has 3 nitrogen and oxygen atoms in total. The summed E-state index contributed by atoms with van der Waals surface area (Å²) in [6.07, 6.45) is 2.81. The van der Waals surface area contributed by atoms with Crippen molar-refractivity contribution in [2.24, 2.45) is 0 Å². The van der Waals surface area contributed by atoms with E-state index in [0.29, 0.717) is 0 Å². The Labute approximate surface area is 115 Å². The molecule has 0 radical (unpaired) electrons. The molecule has 0 bridgehead atoms. The molecule has 0 saturated heterocycles. The summed E-state index contributed by atoms with van der Waals surface area (Å²) in [5.41, 5.74) is 3.78. The molecule has 0 aliphatic heterocycles. The zero-order valence-electron chi connectivity index (χ0n) is 12.8. The molecule has 2 aromatic rings. The van der Waals surface area contributed by atoms with Crippen LogP contribution in [0.2, 0.25) is 0 Å². The summed E-state index contributed by atoms with van der Waals surface area (Å²) < 4.78 is 0. The molecule has 0 aliphatic rings. The summed E-state index contributed by atoms with van der Waals surface area (Å²) in [5.74, 6) is 0. The van der Waals surface area contributed by atoms with Gasteiger partial charge in [-0.1, -0.05) is 41.5 Å². The number of aromatic nitrogens is 3. The summed E-state index contributed by atoms with van der Waals surface area (Å²) >= 11 is 0. The van der Waals surface area contributed by atoms with E-state index in [1.165, 1.54) is 0 Å². The van der Waals surface area contributed by atoms with Crippen molar-refractivity contribution in [2.75, 3.05) is 0 Å². The Morgan fingerprint density at radius 2 is 1.68 bits per heavy atom. The molecule has 0 aromatic carbocycles. The first kappa shape index (κ1) is 13.9. The lowest BCUT2D eigenvalue weighted by atomic mass is 9.79. The maximum atomic E-state index is 4.86. The summed E-state index contributed by atoms with van der Waals surface area (Å²) in [5, 5.41) is 0. The lowest BCUT2D eigenvalue weighted by molar-refractivity contribution is 0.457. The number of hydrogen-bond donors (Lipinski definition) is 0. The number of hydrogen-bond acceptors (Lipinski definition) is 3. The summed E-state index contributed by atoms with van der Waals surface area (Å²) in [4.78, 5) is 14.0. The third-order valence-electron chi connectivity index (χ3n) is 3.68. The quantitative estimate of drug-likeness (QED) is 0.816. The van der Waals surface area contributed by atoms with Gasteiger partial charge in [-0.05, 0) is 18.6 Å². The highest BCUT2D eigenvalue weighted by molar-refractivity contribution is 5.70. The second-order valence-corrected chi connectivity index (χ2v) is 6.75. The molecule has 2 rings (SSSR count). The third kappa shape index (κ3) is 2.60. The van der Waals surface area contributed by atoms with Crippen LogP contribution in [0.15, 0.2) is 18.3 Å². The van der Waals surface area contributed by atoms with Crippen molar-refractivity contribution in [1.82, 2.24) is 15.0 Å². The predicted molar refractivity (Wildman–Crippen MR) is 79.4 cm³/mol. The second-order valence-electron chi connectivity index (χ2n) is 6.75. The third-order valence-corrected chi connectivity index (χ3v) is 3.68. The van der Waals surface area contributed by atoms with Gasteiger partial charge in [0.2, 0.25) is 0 Å². The van der Waals surface area contributed by atoms with Crippen molar-refractivity contribution in [3.05, 3.63) is 29.7 Å². The summed E-state index contributed by atoms with van der Waals surface area (Å²) in [6.45, 7) is 13.2.